The van der Waals surface area contributed by atoms with Gasteiger partial charge in [-0.15, -0.1) is 0 Å². The number of carboxylic acid groups (broad SMARTS) is 1. The van der Waals surface area contributed by atoms with E-state index in [0.717, 1.165) is 0 Å². The number of imidazole rings is 1. The molecule has 0 bridgehead atoms. The summed E-state index contributed by atoms with van der Waals surface area (Å²) in [4.78, 5) is 76.2. The number of nitrogens with two attached hydrogens (primary N) is 6. The first-order chi connectivity index (χ1) is 19.3. The quantitative estimate of drug-likeness (QED) is 0.0414. The number of nitrogens with one attached hydrogen (secondary N) is 4. The molecule has 1 aromatic heterocycles. The first-order valence-electron chi connectivity index (χ1n) is 12.6. The second-order valence-corrected chi connectivity index (χ2v) is 8.98. The molecule has 4 atom stereocenters. The lowest BCUT2D eigenvalue weighted by Crippen LogP contribution is -2.58. The van der Waals surface area contributed by atoms with Crippen LogP contribution < -0.4 is 50.4 Å². The van der Waals surface area contributed by atoms with Crippen LogP contribution in [-0.2, 0) is 30.4 Å². The van der Waals surface area contributed by atoms with E-state index in [1.807, 2.05) is 0 Å². The minimum atomic E-state index is -1.63. The van der Waals surface area contributed by atoms with Gasteiger partial charge < -0.3 is 60.4 Å². The minimum absolute atomic E-state index is 0.0624. The van der Waals surface area contributed by atoms with Crippen molar-refractivity contribution in [3.05, 3.63) is 18.2 Å². The average Bonchev–Trinajstić information content (AvgIpc) is 3.39. The van der Waals surface area contributed by atoms with E-state index in [1.165, 1.54) is 12.5 Å². The largest absolute Gasteiger partial charge is 0.480 e. The maximum Gasteiger partial charge on any atom is 0.326 e. The number of carbonyl (C=O) groups excluding carboxylic acids is 4. The number of hydrogen-bond donors (Lipinski definition) is 11. The number of aliphatic carboxylic acids is 1. The first-order valence-corrected chi connectivity index (χ1v) is 12.6. The molecule has 4 amide bonds. The van der Waals surface area contributed by atoms with Crippen molar-refractivity contribution in [2.45, 2.75) is 62.7 Å². The molecule has 0 aliphatic rings. The van der Waals surface area contributed by atoms with E-state index < -0.39 is 60.2 Å². The number of aromatic nitrogens is 2. The first kappa shape index (κ1) is 34.1. The van der Waals surface area contributed by atoms with Crippen molar-refractivity contribution in [3.8, 4) is 0 Å². The molecule has 0 aromatic carbocycles. The number of aliphatic imine (C=N–C) groups is 2. The number of primary amides is 1. The van der Waals surface area contributed by atoms with Gasteiger partial charge in [0.25, 0.3) is 0 Å². The summed E-state index contributed by atoms with van der Waals surface area (Å²) in [5.41, 5.74) is 32.7. The highest BCUT2D eigenvalue weighted by Crippen LogP contribution is 2.06. The van der Waals surface area contributed by atoms with Gasteiger partial charge in [-0.1, -0.05) is 0 Å². The lowest BCUT2D eigenvalue weighted by molar-refractivity contribution is -0.143. The van der Waals surface area contributed by atoms with Crippen molar-refractivity contribution in [1.82, 2.24) is 25.9 Å². The van der Waals surface area contributed by atoms with Crippen molar-refractivity contribution in [2.24, 2.45) is 44.4 Å². The van der Waals surface area contributed by atoms with Gasteiger partial charge in [0.2, 0.25) is 23.6 Å². The Hall–Kier alpha value is -4.94. The van der Waals surface area contributed by atoms with E-state index in [2.05, 4.69) is 35.9 Å². The molecule has 0 saturated heterocycles. The minimum Gasteiger partial charge on any atom is -0.480 e. The van der Waals surface area contributed by atoms with E-state index >= 15 is 0 Å². The van der Waals surface area contributed by atoms with Crippen molar-refractivity contribution in [3.63, 3.8) is 0 Å². The van der Waals surface area contributed by atoms with E-state index in [-0.39, 0.29) is 50.7 Å². The fraction of sp³-hybridized carbons (Fsp3) is 0.545. The summed E-state index contributed by atoms with van der Waals surface area (Å²) in [5, 5.41) is 16.6. The van der Waals surface area contributed by atoms with Gasteiger partial charge in [0, 0.05) is 31.4 Å². The van der Waals surface area contributed by atoms with Gasteiger partial charge >= 0.3 is 5.97 Å². The highest BCUT2D eigenvalue weighted by atomic mass is 16.4. The molecule has 0 aliphatic carbocycles. The highest BCUT2D eigenvalue weighted by molar-refractivity contribution is 5.95. The van der Waals surface area contributed by atoms with E-state index in [1.54, 1.807) is 0 Å². The zero-order chi connectivity index (χ0) is 30.9. The molecule has 4 unspecified atom stereocenters. The maximum absolute atomic E-state index is 13.3. The molecule has 0 saturated carbocycles. The van der Waals surface area contributed by atoms with Gasteiger partial charge in [0.15, 0.2) is 11.9 Å². The summed E-state index contributed by atoms with van der Waals surface area (Å²) in [5.74, 6) is -5.02. The normalized spacial score (nSPS) is 13.5. The van der Waals surface area contributed by atoms with Crippen LogP contribution in [0.2, 0.25) is 0 Å². The molecule has 41 heavy (non-hydrogen) atoms. The summed E-state index contributed by atoms with van der Waals surface area (Å²) in [6.45, 7) is 0.404. The van der Waals surface area contributed by atoms with Crippen LogP contribution in [0.25, 0.3) is 0 Å². The fourth-order valence-corrected chi connectivity index (χ4v) is 3.47. The predicted octanol–water partition coefficient (Wildman–Crippen LogP) is -5.20. The van der Waals surface area contributed by atoms with Crippen molar-refractivity contribution < 1.29 is 29.1 Å². The Morgan fingerprint density at radius 3 is 1.88 bits per heavy atom. The number of amides is 4. The Bertz CT molecular complexity index is 1080. The van der Waals surface area contributed by atoms with Crippen LogP contribution in [0.3, 0.4) is 0 Å². The Morgan fingerprint density at radius 2 is 1.37 bits per heavy atom. The van der Waals surface area contributed by atoms with Crippen LogP contribution in [0.5, 0.6) is 0 Å². The number of carboxylic acids is 1. The number of guanidine groups is 2. The SMILES string of the molecule is NC(=O)CC(NC(=O)C(Cc1cnc[nH]1)NC(=O)C(CCCN=C(N)N)NC(=O)C(N)CCCN=C(N)N)C(=O)O. The molecule has 0 aliphatic heterocycles. The van der Waals surface area contributed by atoms with Gasteiger partial charge in [-0.25, -0.2) is 9.78 Å². The van der Waals surface area contributed by atoms with E-state index in [9.17, 15) is 29.1 Å². The molecule has 0 radical (unpaired) electrons. The number of hydrogen-bond acceptors (Lipinski definition) is 9. The van der Waals surface area contributed by atoms with Gasteiger partial charge in [-0.2, -0.15) is 0 Å². The molecule has 0 spiro atoms. The third-order valence-electron chi connectivity index (χ3n) is 5.51. The van der Waals surface area contributed by atoms with Crippen molar-refractivity contribution in [1.29, 1.82) is 0 Å². The molecular weight excluding hydrogens is 542 g/mol. The van der Waals surface area contributed by atoms with Crippen LogP contribution in [0, 0.1) is 0 Å². The summed E-state index contributed by atoms with van der Waals surface area (Å²) in [7, 11) is 0. The highest BCUT2D eigenvalue weighted by Gasteiger charge is 2.31. The smallest absolute Gasteiger partial charge is 0.326 e. The molecule has 228 valence electrons. The summed E-state index contributed by atoms with van der Waals surface area (Å²) < 4.78 is 0. The summed E-state index contributed by atoms with van der Waals surface area (Å²) in [6.07, 6.45) is 2.90. The molecule has 1 aromatic rings. The molecule has 1 rings (SSSR count). The molecular formula is C22H39N13O6. The maximum atomic E-state index is 13.3. The van der Waals surface area contributed by atoms with E-state index in [0.29, 0.717) is 12.1 Å². The van der Waals surface area contributed by atoms with E-state index in [4.69, 9.17) is 34.4 Å². The zero-order valence-electron chi connectivity index (χ0n) is 22.4. The fourth-order valence-electron chi connectivity index (χ4n) is 3.47. The lowest BCUT2D eigenvalue weighted by atomic mass is 10.1. The Balaban J connectivity index is 3.07. The van der Waals surface area contributed by atoms with Gasteiger partial charge in [0.1, 0.15) is 18.1 Å². The molecule has 1 heterocycles. The number of aromatic amines is 1. The van der Waals surface area contributed by atoms with Crippen LogP contribution in [0.15, 0.2) is 22.5 Å². The molecule has 17 N–H and O–H groups in total. The lowest BCUT2D eigenvalue weighted by Gasteiger charge is -2.25. The number of carbonyl (C=O) groups is 5. The van der Waals surface area contributed by atoms with Crippen molar-refractivity contribution in [2.75, 3.05) is 13.1 Å². The second kappa shape index (κ2) is 17.6. The van der Waals surface area contributed by atoms with Crippen LogP contribution >= 0.6 is 0 Å². The van der Waals surface area contributed by atoms with Crippen molar-refractivity contribution >= 4 is 41.5 Å². The number of H-pyrrole nitrogens is 1. The Morgan fingerprint density at radius 1 is 0.829 bits per heavy atom. The predicted molar refractivity (Wildman–Crippen MR) is 147 cm³/mol. The monoisotopic (exact) mass is 581 g/mol. The molecule has 19 nitrogen and oxygen atoms in total. The Labute approximate surface area is 235 Å². The number of nitrogens with zero attached hydrogens (tertiary/aromatic N) is 3. The van der Waals surface area contributed by atoms with Gasteiger partial charge in [0.05, 0.1) is 18.8 Å². The molecule has 0 fully saturated rings. The van der Waals surface area contributed by atoms with Gasteiger partial charge in [-0.3, -0.25) is 29.2 Å². The third-order valence-corrected chi connectivity index (χ3v) is 5.51. The zero-order valence-corrected chi connectivity index (χ0v) is 22.4. The standard InChI is InChI=1S/C22H39N13O6/c23-12(3-1-5-30-21(25)26)17(37)33-13(4-2-6-31-22(27)28)18(38)34-14(7-11-9-29-10-32-11)19(39)35-15(20(40)41)8-16(24)36/h9-10,12-15H,1-8,23H2,(H2,24,36)(H,29,32)(H,33,37)(H,34,38)(H,35,39)(H,40,41)(H4,25,26,30)(H4,27,28,31). The summed E-state index contributed by atoms with van der Waals surface area (Å²) >= 11 is 0. The van der Waals surface area contributed by atoms with Crippen LogP contribution in [0.4, 0.5) is 0 Å². The summed E-state index contributed by atoms with van der Waals surface area (Å²) in [6, 6.07) is -5.12. The number of rotatable bonds is 19. The third kappa shape index (κ3) is 14.1. The average molecular weight is 582 g/mol. The molecule has 19 heteroatoms. The van der Waals surface area contributed by atoms with Crippen LogP contribution in [0.1, 0.15) is 37.8 Å². The van der Waals surface area contributed by atoms with Crippen LogP contribution in [-0.4, -0.2) is 93.8 Å². The Kier molecular flexibility index (Phi) is 14.6. The second-order valence-electron chi connectivity index (χ2n) is 8.98. The topological polar surface area (TPSA) is 351 Å². The van der Waals surface area contributed by atoms with Gasteiger partial charge in [-0.05, 0) is 25.7 Å².